The number of fused-ring (bicyclic) bond motifs is 1. The molecule has 3 aromatic rings. The number of benzene rings is 1. The molecule has 0 aliphatic heterocycles. The first-order valence-corrected chi connectivity index (χ1v) is 6.75. The molecule has 0 bridgehead atoms. The summed E-state index contributed by atoms with van der Waals surface area (Å²) in [5.74, 6) is 1.08. The summed E-state index contributed by atoms with van der Waals surface area (Å²) in [7, 11) is 0. The molecule has 1 aromatic carbocycles. The maximum atomic E-state index is 6.09. The van der Waals surface area contributed by atoms with Gasteiger partial charge in [0.15, 0.2) is 0 Å². The lowest BCUT2D eigenvalue weighted by atomic mass is 10.1. The molecule has 0 fully saturated rings. The van der Waals surface area contributed by atoms with Gasteiger partial charge in [-0.05, 0) is 37.4 Å². The SMILES string of the molecule is CCc1c(C)nc2nc(N)n(-c3ccccc3)[n+]2c1C. The van der Waals surface area contributed by atoms with Crippen LogP contribution in [0.1, 0.15) is 23.9 Å². The second-order valence-electron chi connectivity index (χ2n) is 4.84. The molecule has 0 saturated carbocycles. The molecule has 3 rings (SSSR count). The van der Waals surface area contributed by atoms with Gasteiger partial charge in [-0.25, -0.2) is 0 Å². The van der Waals surface area contributed by atoms with Gasteiger partial charge in [0.2, 0.25) is 0 Å². The van der Waals surface area contributed by atoms with E-state index in [0.717, 1.165) is 23.5 Å². The summed E-state index contributed by atoms with van der Waals surface area (Å²) in [6.07, 6.45) is 0.938. The van der Waals surface area contributed by atoms with Gasteiger partial charge in [-0.15, -0.1) is 4.52 Å². The lowest BCUT2D eigenvalue weighted by Crippen LogP contribution is -2.37. The Morgan fingerprint density at radius 1 is 1.15 bits per heavy atom. The van der Waals surface area contributed by atoms with Crippen LogP contribution in [0.2, 0.25) is 0 Å². The van der Waals surface area contributed by atoms with Crippen LogP contribution in [0.25, 0.3) is 11.5 Å². The molecule has 0 aliphatic carbocycles. The van der Waals surface area contributed by atoms with E-state index in [9.17, 15) is 0 Å². The highest BCUT2D eigenvalue weighted by Gasteiger charge is 2.24. The molecule has 20 heavy (non-hydrogen) atoms. The summed E-state index contributed by atoms with van der Waals surface area (Å²) < 4.78 is 3.88. The molecule has 2 heterocycles. The minimum absolute atomic E-state index is 0.444. The van der Waals surface area contributed by atoms with Crippen molar-refractivity contribution >= 4 is 11.7 Å². The monoisotopic (exact) mass is 268 g/mol. The summed E-state index contributed by atoms with van der Waals surface area (Å²) in [5.41, 5.74) is 10.4. The Morgan fingerprint density at radius 2 is 1.85 bits per heavy atom. The van der Waals surface area contributed by atoms with Crippen molar-refractivity contribution in [2.45, 2.75) is 27.2 Å². The minimum atomic E-state index is 0.444. The topological polar surface area (TPSA) is 60.8 Å². The number of aryl methyl sites for hydroxylation is 2. The Kier molecular flexibility index (Phi) is 2.89. The smallest absolute Gasteiger partial charge is 0.353 e. The molecule has 0 atom stereocenters. The maximum Gasteiger partial charge on any atom is 0.459 e. The van der Waals surface area contributed by atoms with Gasteiger partial charge in [0.05, 0.1) is 5.69 Å². The van der Waals surface area contributed by atoms with E-state index in [4.69, 9.17) is 5.73 Å². The average molecular weight is 268 g/mol. The number of anilines is 1. The maximum absolute atomic E-state index is 6.09. The Bertz CT molecular complexity index is 774. The van der Waals surface area contributed by atoms with E-state index in [2.05, 4.69) is 23.8 Å². The zero-order valence-corrected chi connectivity index (χ0v) is 12.0. The van der Waals surface area contributed by atoms with Gasteiger partial charge >= 0.3 is 11.7 Å². The van der Waals surface area contributed by atoms with Gasteiger partial charge in [0.1, 0.15) is 11.4 Å². The van der Waals surface area contributed by atoms with Crippen molar-refractivity contribution < 1.29 is 4.52 Å². The van der Waals surface area contributed by atoms with E-state index >= 15 is 0 Å². The van der Waals surface area contributed by atoms with E-state index in [1.54, 1.807) is 0 Å². The number of nitrogens with two attached hydrogens (primary N) is 1. The third kappa shape index (κ3) is 1.74. The Hall–Kier alpha value is -2.43. The molecule has 2 N–H and O–H groups in total. The summed E-state index contributed by atoms with van der Waals surface area (Å²) in [4.78, 5) is 8.94. The second-order valence-corrected chi connectivity index (χ2v) is 4.84. The number of nitrogens with zero attached hydrogens (tertiary/aromatic N) is 4. The number of aromatic nitrogens is 4. The highest BCUT2D eigenvalue weighted by atomic mass is 15.5. The zero-order valence-electron chi connectivity index (χ0n) is 12.0. The van der Waals surface area contributed by atoms with Crippen molar-refractivity contribution in [3.8, 4) is 5.69 Å². The van der Waals surface area contributed by atoms with Crippen LogP contribution < -0.4 is 10.2 Å². The first kappa shape index (κ1) is 12.6. The average Bonchev–Trinajstić information content (AvgIpc) is 2.76. The first-order chi connectivity index (χ1) is 9.63. The molecule has 5 nitrogen and oxygen atoms in total. The highest BCUT2D eigenvalue weighted by Crippen LogP contribution is 2.14. The van der Waals surface area contributed by atoms with E-state index in [1.807, 2.05) is 46.5 Å². The number of nitrogen functional groups attached to an aromatic ring is 1. The molecule has 0 radical (unpaired) electrons. The van der Waals surface area contributed by atoms with Gasteiger partial charge in [-0.1, -0.05) is 30.1 Å². The van der Waals surface area contributed by atoms with Crippen LogP contribution in [0, 0.1) is 13.8 Å². The van der Waals surface area contributed by atoms with Crippen LogP contribution in [0.3, 0.4) is 0 Å². The fourth-order valence-corrected chi connectivity index (χ4v) is 2.70. The molecular formula is C15H18N5+. The lowest BCUT2D eigenvalue weighted by molar-refractivity contribution is -0.606. The Morgan fingerprint density at radius 3 is 2.50 bits per heavy atom. The highest BCUT2D eigenvalue weighted by molar-refractivity contribution is 5.40. The van der Waals surface area contributed by atoms with Crippen molar-refractivity contribution in [3.63, 3.8) is 0 Å². The quantitative estimate of drug-likeness (QED) is 0.720. The Balaban J connectivity index is 2.41. The normalized spacial score (nSPS) is 11.2. The predicted molar refractivity (Wildman–Crippen MR) is 77.8 cm³/mol. The molecule has 102 valence electrons. The molecule has 0 amide bonds. The van der Waals surface area contributed by atoms with Crippen LogP contribution in [0.4, 0.5) is 5.95 Å². The molecule has 0 saturated heterocycles. The lowest BCUT2D eigenvalue weighted by Gasteiger charge is -2.07. The third-order valence-corrected chi connectivity index (χ3v) is 3.63. The predicted octanol–water partition coefficient (Wildman–Crippen LogP) is 1.77. The van der Waals surface area contributed by atoms with Gasteiger partial charge in [0.25, 0.3) is 0 Å². The first-order valence-electron chi connectivity index (χ1n) is 6.75. The fourth-order valence-electron chi connectivity index (χ4n) is 2.70. The second kappa shape index (κ2) is 4.59. The van der Waals surface area contributed by atoms with Gasteiger partial charge < -0.3 is 5.73 Å². The molecular weight excluding hydrogens is 250 g/mol. The fraction of sp³-hybridized carbons (Fsp3) is 0.267. The summed E-state index contributed by atoms with van der Waals surface area (Å²) in [6, 6.07) is 9.97. The molecule has 5 heteroatoms. The molecule has 0 unspecified atom stereocenters. The van der Waals surface area contributed by atoms with Crippen molar-refractivity contribution in [2.24, 2.45) is 0 Å². The number of hydrogen-bond acceptors (Lipinski definition) is 3. The van der Waals surface area contributed by atoms with Gasteiger partial charge in [-0.2, -0.15) is 4.68 Å². The van der Waals surface area contributed by atoms with Crippen LogP contribution in [0.15, 0.2) is 30.3 Å². The van der Waals surface area contributed by atoms with Crippen LogP contribution in [-0.2, 0) is 6.42 Å². The van der Waals surface area contributed by atoms with E-state index in [-0.39, 0.29) is 0 Å². The van der Waals surface area contributed by atoms with E-state index in [1.165, 1.54) is 5.56 Å². The van der Waals surface area contributed by atoms with E-state index < -0.39 is 0 Å². The Labute approximate surface area is 117 Å². The largest absolute Gasteiger partial charge is 0.459 e. The van der Waals surface area contributed by atoms with Gasteiger partial charge in [-0.3, -0.25) is 0 Å². The third-order valence-electron chi connectivity index (χ3n) is 3.63. The number of para-hydroxylation sites is 1. The molecule has 2 aromatic heterocycles. The van der Waals surface area contributed by atoms with Gasteiger partial charge in [0, 0.05) is 5.56 Å². The van der Waals surface area contributed by atoms with Crippen LogP contribution in [0.5, 0.6) is 0 Å². The van der Waals surface area contributed by atoms with Crippen molar-refractivity contribution in [1.82, 2.24) is 14.6 Å². The summed E-state index contributed by atoms with van der Waals surface area (Å²) in [5, 5.41) is 0. The van der Waals surface area contributed by atoms with Crippen molar-refractivity contribution in [2.75, 3.05) is 5.73 Å². The minimum Gasteiger partial charge on any atom is -0.353 e. The number of rotatable bonds is 2. The van der Waals surface area contributed by atoms with Crippen molar-refractivity contribution in [1.29, 1.82) is 0 Å². The van der Waals surface area contributed by atoms with Crippen LogP contribution in [-0.4, -0.2) is 14.6 Å². The zero-order chi connectivity index (χ0) is 14.3. The van der Waals surface area contributed by atoms with Crippen LogP contribution >= 0.6 is 0 Å². The molecule has 0 spiro atoms. The molecule has 0 aliphatic rings. The summed E-state index contributed by atoms with van der Waals surface area (Å²) >= 11 is 0. The standard InChI is InChI=1S/C15H17N5/c1-4-13-10(2)17-15-18-14(16)20(19(15)11(13)3)12-8-6-5-7-9-12/h5-9,16H,4H2,1-3H3/p+1. The van der Waals surface area contributed by atoms with E-state index in [0.29, 0.717) is 11.7 Å². The summed E-state index contributed by atoms with van der Waals surface area (Å²) in [6.45, 7) is 6.24. The number of hydrogen-bond donors (Lipinski definition) is 1. The van der Waals surface area contributed by atoms with Crippen molar-refractivity contribution in [3.05, 3.63) is 47.3 Å².